The molecular formula is C12H13BrN2O2S. The Labute approximate surface area is 117 Å². The summed E-state index contributed by atoms with van der Waals surface area (Å²) in [5.74, 6) is 0.629. The first-order valence-corrected chi connectivity index (χ1v) is 7.34. The highest BCUT2D eigenvalue weighted by atomic mass is 79.9. The van der Waals surface area contributed by atoms with E-state index in [2.05, 4.69) is 20.9 Å². The van der Waals surface area contributed by atoms with E-state index in [0.29, 0.717) is 11.4 Å². The monoisotopic (exact) mass is 328 g/mol. The van der Waals surface area contributed by atoms with Crippen molar-refractivity contribution in [2.24, 2.45) is 0 Å². The lowest BCUT2D eigenvalue weighted by Gasteiger charge is -2.08. The van der Waals surface area contributed by atoms with Crippen LogP contribution in [0.3, 0.4) is 0 Å². The standard InChI is InChI=1S/C12H13BrN2O2S/c1-8(6-16)18-7-10-4-12(17)15-5-9(13)2-3-11(15)14-10/h2-5,8,16H,6-7H2,1H3. The number of rotatable bonds is 4. The molecule has 6 heteroatoms. The Morgan fingerprint density at radius 2 is 2.33 bits per heavy atom. The number of pyridine rings is 1. The second-order valence-electron chi connectivity index (χ2n) is 3.97. The Morgan fingerprint density at radius 1 is 1.56 bits per heavy atom. The van der Waals surface area contributed by atoms with Gasteiger partial charge in [0.2, 0.25) is 0 Å². The number of aliphatic hydroxyl groups excluding tert-OH is 1. The van der Waals surface area contributed by atoms with Gasteiger partial charge < -0.3 is 5.11 Å². The van der Waals surface area contributed by atoms with Crippen LogP contribution in [-0.4, -0.2) is 26.3 Å². The van der Waals surface area contributed by atoms with Crippen LogP contribution in [0.1, 0.15) is 12.6 Å². The van der Waals surface area contributed by atoms with Crippen LogP contribution in [0.25, 0.3) is 5.65 Å². The maximum absolute atomic E-state index is 11.9. The molecule has 1 N–H and O–H groups in total. The summed E-state index contributed by atoms with van der Waals surface area (Å²) in [4.78, 5) is 16.3. The zero-order valence-corrected chi connectivity index (χ0v) is 12.2. The summed E-state index contributed by atoms with van der Waals surface area (Å²) in [5, 5.41) is 9.11. The average molecular weight is 329 g/mol. The van der Waals surface area contributed by atoms with Gasteiger partial charge in [-0.25, -0.2) is 4.98 Å². The minimum atomic E-state index is -0.0893. The van der Waals surface area contributed by atoms with Gasteiger partial charge in [-0.2, -0.15) is 11.8 Å². The van der Waals surface area contributed by atoms with Crippen LogP contribution < -0.4 is 5.56 Å². The molecule has 4 nitrogen and oxygen atoms in total. The SMILES string of the molecule is CC(CO)SCc1cc(=O)n2cc(Br)ccc2n1. The van der Waals surface area contributed by atoms with Crippen LogP contribution in [0.5, 0.6) is 0 Å². The molecule has 0 aliphatic rings. The van der Waals surface area contributed by atoms with Crippen molar-refractivity contribution < 1.29 is 5.11 Å². The molecule has 0 spiro atoms. The number of hydrogen-bond donors (Lipinski definition) is 1. The Balaban J connectivity index is 2.32. The van der Waals surface area contributed by atoms with Crippen LogP contribution in [-0.2, 0) is 5.75 Å². The molecule has 18 heavy (non-hydrogen) atoms. The number of nitrogens with zero attached hydrogens (tertiary/aromatic N) is 2. The molecule has 0 aliphatic heterocycles. The lowest BCUT2D eigenvalue weighted by atomic mass is 10.4. The Hall–Kier alpha value is -0.850. The number of fused-ring (bicyclic) bond motifs is 1. The maximum atomic E-state index is 11.9. The van der Waals surface area contributed by atoms with E-state index in [1.165, 1.54) is 10.5 Å². The summed E-state index contributed by atoms with van der Waals surface area (Å²) in [6, 6.07) is 5.20. The summed E-state index contributed by atoms with van der Waals surface area (Å²) in [5.41, 5.74) is 1.29. The van der Waals surface area contributed by atoms with Gasteiger partial charge in [0.15, 0.2) is 0 Å². The fourth-order valence-electron chi connectivity index (χ4n) is 1.48. The summed E-state index contributed by atoms with van der Waals surface area (Å²) in [6.07, 6.45) is 1.71. The predicted octanol–water partition coefficient (Wildman–Crippen LogP) is 2.07. The van der Waals surface area contributed by atoms with E-state index in [1.54, 1.807) is 24.0 Å². The molecule has 0 amide bonds. The quantitative estimate of drug-likeness (QED) is 0.933. The fraction of sp³-hybridized carbons (Fsp3) is 0.333. The van der Waals surface area contributed by atoms with E-state index in [-0.39, 0.29) is 17.4 Å². The van der Waals surface area contributed by atoms with Gasteiger partial charge in [0.1, 0.15) is 5.65 Å². The topological polar surface area (TPSA) is 54.6 Å². The summed E-state index contributed by atoms with van der Waals surface area (Å²) in [7, 11) is 0. The van der Waals surface area contributed by atoms with E-state index in [9.17, 15) is 4.79 Å². The molecule has 2 aromatic heterocycles. The first-order valence-electron chi connectivity index (χ1n) is 5.50. The number of aliphatic hydroxyl groups is 1. The molecule has 0 fully saturated rings. The molecule has 1 atom stereocenters. The molecule has 0 radical (unpaired) electrons. The second-order valence-corrected chi connectivity index (χ2v) is 6.31. The molecule has 0 aromatic carbocycles. The number of halogens is 1. The summed E-state index contributed by atoms with van der Waals surface area (Å²) >= 11 is 4.90. The van der Waals surface area contributed by atoms with E-state index < -0.39 is 0 Å². The average Bonchev–Trinajstić information content (AvgIpc) is 2.37. The van der Waals surface area contributed by atoms with Crippen LogP contribution >= 0.6 is 27.7 Å². The van der Waals surface area contributed by atoms with E-state index >= 15 is 0 Å². The smallest absolute Gasteiger partial charge is 0.258 e. The second kappa shape index (κ2) is 5.86. The van der Waals surface area contributed by atoms with E-state index in [1.807, 2.05) is 13.0 Å². The molecule has 2 aromatic rings. The first-order chi connectivity index (χ1) is 8.60. The van der Waals surface area contributed by atoms with Crippen molar-refractivity contribution >= 4 is 33.3 Å². The third-order valence-electron chi connectivity index (χ3n) is 2.45. The Morgan fingerprint density at radius 3 is 3.06 bits per heavy atom. The third-order valence-corrected chi connectivity index (χ3v) is 4.10. The highest BCUT2D eigenvalue weighted by molar-refractivity contribution is 9.10. The van der Waals surface area contributed by atoms with Crippen molar-refractivity contribution in [3.8, 4) is 0 Å². The van der Waals surface area contributed by atoms with Crippen molar-refractivity contribution in [2.75, 3.05) is 6.61 Å². The van der Waals surface area contributed by atoms with Gasteiger partial charge >= 0.3 is 0 Å². The van der Waals surface area contributed by atoms with Gasteiger partial charge in [0, 0.05) is 27.7 Å². The lowest BCUT2D eigenvalue weighted by Crippen LogP contribution is -2.15. The van der Waals surface area contributed by atoms with E-state index in [4.69, 9.17) is 5.11 Å². The molecule has 0 bridgehead atoms. The third kappa shape index (κ3) is 3.13. The van der Waals surface area contributed by atoms with Crippen LogP contribution in [0.15, 0.2) is 33.7 Å². The molecular weight excluding hydrogens is 316 g/mol. The van der Waals surface area contributed by atoms with Crippen molar-refractivity contribution in [1.82, 2.24) is 9.38 Å². The zero-order chi connectivity index (χ0) is 13.1. The number of thioether (sulfide) groups is 1. The summed E-state index contributed by atoms with van der Waals surface area (Å²) in [6.45, 7) is 2.07. The largest absolute Gasteiger partial charge is 0.395 e. The number of hydrogen-bond acceptors (Lipinski definition) is 4. The van der Waals surface area contributed by atoms with Crippen molar-refractivity contribution in [3.63, 3.8) is 0 Å². The van der Waals surface area contributed by atoms with Gasteiger partial charge in [-0.1, -0.05) is 6.92 Å². The molecule has 2 heterocycles. The van der Waals surface area contributed by atoms with E-state index in [0.717, 1.165) is 10.2 Å². The minimum Gasteiger partial charge on any atom is -0.395 e. The number of aromatic nitrogens is 2. The van der Waals surface area contributed by atoms with Gasteiger partial charge in [0.05, 0.1) is 12.3 Å². The highest BCUT2D eigenvalue weighted by Crippen LogP contribution is 2.16. The Kier molecular flexibility index (Phi) is 4.42. The van der Waals surface area contributed by atoms with Crippen LogP contribution in [0.4, 0.5) is 0 Å². The van der Waals surface area contributed by atoms with Crippen LogP contribution in [0, 0.1) is 0 Å². The molecule has 2 rings (SSSR count). The van der Waals surface area contributed by atoms with Crippen molar-refractivity contribution in [1.29, 1.82) is 0 Å². The molecule has 0 saturated carbocycles. The van der Waals surface area contributed by atoms with Gasteiger partial charge in [-0.05, 0) is 28.1 Å². The lowest BCUT2D eigenvalue weighted by molar-refractivity contribution is 0.300. The highest BCUT2D eigenvalue weighted by Gasteiger charge is 2.05. The normalized spacial score (nSPS) is 12.8. The molecule has 0 aliphatic carbocycles. The molecule has 1 unspecified atom stereocenters. The predicted molar refractivity (Wildman–Crippen MR) is 77.0 cm³/mol. The van der Waals surface area contributed by atoms with Gasteiger partial charge in [-0.15, -0.1) is 0 Å². The zero-order valence-electron chi connectivity index (χ0n) is 9.84. The van der Waals surface area contributed by atoms with Crippen molar-refractivity contribution in [2.45, 2.75) is 17.9 Å². The molecule has 96 valence electrons. The summed E-state index contributed by atoms with van der Waals surface area (Å²) < 4.78 is 2.35. The minimum absolute atomic E-state index is 0.0893. The maximum Gasteiger partial charge on any atom is 0.258 e. The fourth-order valence-corrected chi connectivity index (χ4v) is 2.53. The van der Waals surface area contributed by atoms with Gasteiger partial charge in [0.25, 0.3) is 5.56 Å². The van der Waals surface area contributed by atoms with Crippen LogP contribution in [0.2, 0.25) is 0 Å². The molecule has 0 saturated heterocycles. The van der Waals surface area contributed by atoms with Gasteiger partial charge in [-0.3, -0.25) is 9.20 Å². The Bertz CT molecular complexity index is 615. The van der Waals surface area contributed by atoms with Crippen molar-refractivity contribution in [3.05, 3.63) is 44.9 Å². The first kappa shape index (κ1) is 13.6.